The normalized spacial score (nSPS) is 31.9. The number of piperidine rings is 1. The molecule has 116 valence electrons. The Morgan fingerprint density at radius 1 is 1.23 bits per heavy atom. The summed E-state index contributed by atoms with van der Waals surface area (Å²) in [5.41, 5.74) is 2.39. The van der Waals surface area contributed by atoms with E-state index in [0.29, 0.717) is 5.92 Å². The van der Waals surface area contributed by atoms with Gasteiger partial charge in [-0.2, -0.15) is 0 Å². The van der Waals surface area contributed by atoms with Crippen molar-refractivity contribution in [3.05, 3.63) is 42.1 Å². The van der Waals surface area contributed by atoms with Crippen molar-refractivity contribution in [1.82, 2.24) is 10.3 Å². The average molecular weight is 296 g/mol. The molecule has 3 nitrogen and oxygen atoms in total. The van der Waals surface area contributed by atoms with Gasteiger partial charge in [-0.3, -0.25) is 4.98 Å². The first-order valence-electron chi connectivity index (χ1n) is 8.54. The van der Waals surface area contributed by atoms with E-state index in [2.05, 4.69) is 47.6 Å². The van der Waals surface area contributed by atoms with E-state index >= 15 is 0 Å². The van der Waals surface area contributed by atoms with Gasteiger partial charge in [-0.1, -0.05) is 25.1 Å². The van der Waals surface area contributed by atoms with Gasteiger partial charge in [-0.15, -0.1) is 0 Å². The monoisotopic (exact) mass is 296 g/mol. The molecule has 4 rings (SSSR count). The Morgan fingerprint density at radius 2 is 2.14 bits per heavy atom. The molecule has 0 spiro atoms. The molecule has 2 fully saturated rings. The molecule has 3 heterocycles. The molecule has 0 amide bonds. The van der Waals surface area contributed by atoms with Crippen LogP contribution in [0.1, 0.15) is 44.3 Å². The minimum atomic E-state index is 0.0194. The molecule has 2 aliphatic heterocycles. The van der Waals surface area contributed by atoms with Crippen LogP contribution in [-0.4, -0.2) is 23.7 Å². The molecule has 0 unspecified atom stereocenters. The number of benzene rings is 1. The van der Waals surface area contributed by atoms with E-state index < -0.39 is 0 Å². The van der Waals surface area contributed by atoms with Crippen molar-refractivity contribution in [1.29, 1.82) is 0 Å². The van der Waals surface area contributed by atoms with E-state index in [4.69, 9.17) is 4.74 Å². The summed E-state index contributed by atoms with van der Waals surface area (Å²) in [7, 11) is 0. The van der Waals surface area contributed by atoms with Crippen LogP contribution < -0.4 is 5.32 Å². The summed E-state index contributed by atoms with van der Waals surface area (Å²) >= 11 is 0. The summed E-state index contributed by atoms with van der Waals surface area (Å²) in [6.45, 7) is 4.40. The highest BCUT2D eigenvalue weighted by molar-refractivity contribution is 5.82. The van der Waals surface area contributed by atoms with Crippen LogP contribution in [0.4, 0.5) is 0 Å². The molecular weight excluding hydrogens is 272 g/mol. The highest BCUT2D eigenvalue weighted by atomic mass is 16.5. The zero-order valence-corrected chi connectivity index (χ0v) is 13.2. The molecule has 0 saturated carbocycles. The number of nitrogens with one attached hydrogen (secondary N) is 1. The topological polar surface area (TPSA) is 34.2 Å². The van der Waals surface area contributed by atoms with Gasteiger partial charge in [0.15, 0.2) is 0 Å². The molecule has 0 bridgehead atoms. The first kappa shape index (κ1) is 14.2. The maximum absolute atomic E-state index is 6.73. The first-order valence-corrected chi connectivity index (χ1v) is 8.54. The lowest BCUT2D eigenvalue weighted by Crippen LogP contribution is -2.56. The minimum Gasteiger partial charge on any atom is -0.365 e. The maximum atomic E-state index is 6.73. The van der Waals surface area contributed by atoms with Crippen LogP contribution in [0.2, 0.25) is 0 Å². The number of hydrogen-bond acceptors (Lipinski definition) is 3. The Bertz CT molecular complexity index is 666. The fourth-order valence-corrected chi connectivity index (χ4v) is 4.34. The van der Waals surface area contributed by atoms with Crippen LogP contribution in [0.25, 0.3) is 10.9 Å². The van der Waals surface area contributed by atoms with Crippen molar-refractivity contribution in [2.24, 2.45) is 5.92 Å². The Kier molecular flexibility index (Phi) is 3.63. The van der Waals surface area contributed by atoms with E-state index in [-0.39, 0.29) is 11.7 Å². The number of para-hydroxylation sites is 1. The predicted octanol–water partition coefficient (Wildman–Crippen LogP) is 3.84. The molecule has 2 aromatic rings. The van der Waals surface area contributed by atoms with Crippen molar-refractivity contribution in [3.8, 4) is 0 Å². The van der Waals surface area contributed by atoms with Gasteiger partial charge in [-0.05, 0) is 55.8 Å². The van der Waals surface area contributed by atoms with Crippen LogP contribution in [-0.2, 0) is 4.74 Å². The van der Waals surface area contributed by atoms with Crippen molar-refractivity contribution in [3.63, 3.8) is 0 Å². The quantitative estimate of drug-likeness (QED) is 0.914. The van der Waals surface area contributed by atoms with Crippen LogP contribution in [0.3, 0.4) is 0 Å². The molecule has 3 heteroatoms. The molecule has 2 saturated heterocycles. The average Bonchev–Trinajstić information content (AvgIpc) is 2.60. The smallest absolute Gasteiger partial charge is 0.0840 e. The largest absolute Gasteiger partial charge is 0.365 e. The van der Waals surface area contributed by atoms with Crippen molar-refractivity contribution in [2.75, 3.05) is 13.1 Å². The van der Waals surface area contributed by atoms with Gasteiger partial charge in [0.25, 0.3) is 0 Å². The second-order valence-electron chi connectivity index (χ2n) is 6.68. The zero-order valence-electron chi connectivity index (χ0n) is 13.2. The van der Waals surface area contributed by atoms with E-state index in [0.717, 1.165) is 31.4 Å². The van der Waals surface area contributed by atoms with Gasteiger partial charge >= 0.3 is 0 Å². The lowest BCUT2D eigenvalue weighted by Gasteiger charge is -2.50. The second-order valence-corrected chi connectivity index (χ2v) is 6.68. The highest BCUT2D eigenvalue weighted by Gasteiger charge is 2.45. The van der Waals surface area contributed by atoms with Crippen LogP contribution in [0.15, 0.2) is 36.5 Å². The zero-order chi connectivity index (χ0) is 15.0. The van der Waals surface area contributed by atoms with E-state index in [1.807, 2.05) is 6.20 Å². The fourth-order valence-electron chi connectivity index (χ4n) is 4.34. The lowest BCUT2D eigenvalue weighted by atomic mass is 9.74. The van der Waals surface area contributed by atoms with Gasteiger partial charge in [-0.25, -0.2) is 0 Å². The SMILES string of the molecule is CC[C@@]12CNCC[C@@H]1CC[C@H](c1ccnc3ccccc13)O2. The number of aromatic nitrogens is 1. The molecule has 0 aliphatic carbocycles. The Balaban J connectivity index is 1.70. The predicted molar refractivity (Wildman–Crippen MR) is 88.8 cm³/mol. The molecule has 1 aromatic carbocycles. The number of rotatable bonds is 2. The third-order valence-electron chi connectivity index (χ3n) is 5.62. The van der Waals surface area contributed by atoms with Gasteiger partial charge in [0.2, 0.25) is 0 Å². The second kappa shape index (κ2) is 5.64. The van der Waals surface area contributed by atoms with Crippen LogP contribution in [0, 0.1) is 5.92 Å². The van der Waals surface area contributed by atoms with Gasteiger partial charge in [0.1, 0.15) is 0 Å². The van der Waals surface area contributed by atoms with E-state index in [1.165, 1.54) is 23.8 Å². The number of nitrogens with zero attached hydrogens (tertiary/aromatic N) is 1. The molecule has 0 radical (unpaired) electrons. The third kappa shape index (κ3) is 2.24. The summed E-state index contributed by atoms with van der Waals surface area (Å²) < 4.78 is 6.73. The Morgan fingerprint density at radius 3 is 3.05 bits per heavy atom. The lowest BCUT2D eigenvalue weighted by molar-refractivity contribution is -0.174. The van der Waals surface area contributed by atoms with E-state index in [9.17, 15) is 0 Å². The number of fused-ring (bicyclic) bond motifs is 2. The van der Waals surface area contributed by atoms with Crippen LogP contribution in [0.5, 0.6) is 0 Å². The minimum absolute atomic E-state index is 0.0194. The first-order chi connectivity index (χ1) is 10.8. The number of hydrogen-bond donors (Lipinski definition) is 1. The Hall–Kier alpha value is -1.45. The van der Waals surface area contributed by atoms with Crippen molar-refractivity contribution in [2.45, 2.75) is 44.3 Å². The van der Waals surface area contributed by atoms with Gasteiger partial charge in [0.05, 0.1) is 17.2 Å². The standard InChI is InChI=1S/C19H24N2O/c1-2-19-13-20-11-9-14(19)7-8-18(22-19)16-10-12-21-17-6-4-3-5-15(16)17/h3-6,10,12,14,18,20H,2,7-9,11,13H2,1H3/t14-,18+,19+/m0/s1. The summed E-state index contributed by atoms with van der Waals surface area (Å²) in [6.07, 6.45) is 6.85. The molecular formula is C19H24N2O. The Labute approximate surface area is 132 Å². The summed E-state index contributed by atoms with van der Waals surface area (Å²) in [5.74, 6) is 0.711. The third-order valence-corrected chi connectivity index (χ3v) is 5.62. The highest BCUT2D eigenvalue weighted by Crippen LogP contribution is 2.46. The molecule has 3 atom stereocenters. The van der Waals surface area contributed by atoms with Gasteiger partial charge in [0, 0.05) is 18.1 Å². The maximum Gasteiger partial charge on any atom is 0.0840 e. The molecule has 2 aliphatic rings. The van der Waals surface area contributed by atoms with Crippen LogP contribution >= 0.6 is 0 Å². The van der Waals surface area contributed by atoms with Gasteiger partial charge < -0.3 is 10.1 Å². The molecule has 1 aromatic heterocycles. The molecule has 1 N–H and O–H groups in total. The number of pyridine rings is 1. The summed E-state index contributed by atoms with van der Waals surface area (Å²) in [5, 5.41) is 4.79. The summed E-state index contributed by atoms with van der Waals surface area (Å²) in [6, 6.07) is 10.5. The fraction of sp³-hybridized carbons (Fsp3) is 0.526. The molecule has 22 heavy (non-hydrogen) atoms. The van der Waals surface area contributed by atoms with E-state index in [1.54, 1.807) is 0 Å². The number of ether oxygens (including phenoxy) is 1. The summed E-state index contributed by atoms with van der Waals surface area (Å²) in [4.78, 5) is 4.49. The van der Waals surface area contributed by atoms with Crippen molar-refractivity contribution >= 4 is 10.9 Å². The van der Waals surface area contributed by atoms with Crippen molar-refractivity contribution < 1.29 is 4.74 Å².